The summed E-state index contributed by atoms with van der Waals surface area (Å²) < 4.78 is 0. The van der Waals surface area contributed by atoms with Crippen molar-refractivity contribution in [2.75, 3.05) is 0 Å². The normalized spacial score (nSPS) is 13.8. The molecule has 0 radical (unpaired) electrons. The second kappa shape index (κ2) is 6.39. The zero-order chi connectivity index (χ0) is 14.5. The Balaban J connectivity index is 2.26. The van der Waals surface area contributed by atoms with Crippen molar-refractivity contribution in [1.29, 1.82) is 5.26 Å². The van der Waals surface area contributed by atoms with Crippen molar-refractivity contribution < 1.29 is 0 Å². The lowest BCUT2D eigenvalue weighted by Crippen LogP contribution is -2.06. The van der Waals surface area contributed by atoms with E-state index in [2.05, 4.69) is 63.2 Å². The van der Waals surface area contributed by atoms with Crippen LogP contribution in [0.1, 0.15) is 55.2 Å². The summed E-state index contributed by atoms with van der Waals surface area (Å²) in [5, 5.41) is 9.54. The summed E-state index contributed by atoms with van der Waals surface area (Å²) in [7, 11) is 0. The predicted octanol–water partition coefficient (Wildman–Crippen LogP) is 5.22. The van der Waals surface area contributed by atoms with Gasteiger partial charge in [-0.05, 0) is 22.6 Å². The molecule has 0 aromatic heterocycles. The first-order chi connectivity index (χ1) is 9.63. The van der Waals surface area contributed by atoms with E-state index in [1.54, 1.807) is 0 Å². The van der Waals surface area contributed by atoms with Gasteiger partial charge in [0.15, 0.2) is 0 Å². The molecule has 0 bridgehead atoms. The minimum absolute atomic E-state index is 0.0985. The lowest BCUT2D eigenvalue weighted by molar-refractivity contribution is 0.686. The minimum Gasteiger partial charge on any atom is -0.198 e. The van der Waals surface area contributed by atoms with Gasteiger partial charge in [-0.2, -0.15) is 5.26 Å². The molecule has 1 heteroatoms. The van der Waals surface area contributed by atoms with E-state index in [4.69, 9.17) is 0 Å². The molecular weight excluding hydrogens is 242 g/mol. The highest BCUT2D eigenvalue weighted by Crippen LogP contribution is 2.32. The highest BCUT2D eigenvalue weighted by Gasteiger charge is 2.20. The van der Waals surface area contributed by atoms with Crippen LogP contribution in [0.4, 0.5) is 0 Å². The maximum atomic E-state index is 9.54. The second-order valence-corrected chi connectivity index (χ2v) is 5.63. The lowest BCUT2D eigenvalue weighted by Gasteiger charge is -2.19. The monoisotopic (exact) mass is 263 g/mol. The standard InChI is InChI=1S/C19H21N/c1-14(2)16-9-11-18(12-10-16)19(13-20)15(3)17-7-5-4-6-8-17/h4-12,14-15,19H,1-3H3. The van der Waals surface area contributed by atoms with Gasteiger partial charge in [0.05, 0.1) is 12.0 Å². The summed E-state index contributed by atoms with van der Waals surface area (Å²) in [5.74, 6) is 0.626. The molecular formula is C19H21N. The van der Waals surface area contributed by atoms with Crippen molar-refractivity contribution in [3.63, 3.8) is 0 Å². The summed E-state index contributed by atoms with van der Waals surface area (Å²) in [6, 6.07) is 21.2. The largest absolute Gasteiger partial charge is 0.198 e. The minimum atomic E-state index is -0.0985. The molecule has 1 nitrogen and oxygen atoms in total. The molecule has 2 unspecified atom stereocenters. The fourth-order valence-electron chi connectivity index (χ4n) is 2.51. The molecule has 2 rings (SSSR count). The maximum absolute atomic E-state index is 9.54. The Hall–Kier alpha value is -2.07. The van der Waals surface area contributed by atoms with Crippen LogP contribution in [0.5, 0.6) is 0 Å². The summed E-state index contributed by atoms with van der Waals surface area (Å²) in [5.41, 5.74) is 3.64. The molecule has 2 aromatic carbocycles. The molecule has 0 N–H and O–H groups in total. The van der Waals surface area contributed by atoms with Crippen LogP contribution in [0.3, 0.4) is 0 Å². The molecule has 0 aliphatic carbocycles. The third-order valence-corrected chi connectivity index (χ3v) is 3.93. The van der Waals surface area contributed by atoms with Crippen molar-refractivity contribution in [3.05, 3.63) is 71.3 Å². The number of hydrogen-bond donors (Lipinski definition) is 0. The fourth-order valence-corrected chi connectivity index (χ4v) is 2.51. The van der Waals surface area contributed by atoms with E-state index in [0.29, 0.717) is 5.92 Å². The van der Waals surface area contributed by atoms with Crippen LogP contribution in [0.2, 0.25) is 0 Å². The average molecular weight is 263 g/mol. The first-order valence-corrected chi connectivity index (χ1v) is 7.18. The molecule has 0 heterocycles. The van der Waals surface area contributed by atoms with Gasteiger partial charge >= 0.3 is 0 Å². The number of benzene rings is 2. The molecule has 2 aromatic rings. The summed E-state index contributed by atoms with van der Waals surface area (Å²) in [6.07, 6.45) is 0. The zero-order valence-corrected chi connectivity index (χ0v) is 12.4. The van der Waals surface area contributed by atoms with Crippen LogP contribution in [0, 0.1) is 11.3 Å². The second-order valence-electron chi connectivity index (χ2n) is 5.63. The molecule has 0 aliphatic rings. The van der Waals surface area contributed by atoms with E-state index in [0.717, 1.165) is 5.56 Å². The van der Waals surface area contributed by atoms with E-state index < -0.39 is 0 Å². The van der Waals surface area contributed by atoms with Crippen LogP contribution in [-0.4, -0.2) is 0 Å². The highest BCUT2D eigenvalue weighted by molar-refractivity contribution is 5.34. The molecule has 0 saturated carbocycles. The summed E-state index contributed by atoms with van der Waals surface area (Å²) >= 11 is 0. The van der Waals surface area contributed by atoms with Crippen molar-refractivity contribution in [3.8, 4) is 6.07 Å². The van der Waals surface area contributed by atoms with Crippen LogP contribution >= 0.6 is 0 Å². The van der Waals surface area contributed by atoms with Gasteiger partial charge in [-0.15, -0.1) is 0 Å². The first-order valence-electron chi connectivity index (χ1n) is 7.18. The SMILES string of the molecule is CC(C)c1ccc(C(C#N)C(C)c2ccccc2)cc1. The Labute approximate surface area is 121 Å². The van der Waals surface area contributed by atoms with Gasteiger partial charge in [-0.1, -0.05) is 75.4 Å². The number of rotatable bonds is 4. The van der Waals surface area contributed by atoms with Gasteiger partial charge in [0.2, 0.25) is 0 Å². The Morgan fingerprint density at radius 3 is 1.80 bits per heavy atom. The zero-order valence-electron chi connectivity index (χ0n) is 12.4. The van der Waals surface area contributed by atoms with Gasteiger partial charge in [0.1, 0.15) is 0 Å². The van der Waals surface area contributed by atoms with E-state index in [-0.39, 0.29) is 11.8 Å². The van der Waals surface area contributed by atoms with Crippen molar-refractivity contribution in [1.82, 2.24) is 0 Å². The van der Waals surface area contributed by atoms with Crippen LogP contribution in [-0.2, 0) is 0 Å². The molecule has 0 amide bonds. The number of nitrogens with zero attached hydrogens (tertiary/aromatic N) is 1. The first kappa shape index (κ1) is 14.3. The van der Waals surface area contributed by atoms with E-state index in [1.807, 2.05) is 18.2 Å². The Kier molecular flexibility index (Phi) is 4.58. The maximum Gasteiger partial charge on any atom is 0.0778 e. The Morgan fingerprint density at radius 1 is 0.750 bits per heavy atom. The Bertz CT molecular complexity index is 575. The van der Waals surface area contributed by atoms with E-state index >= 15 is 0 Å². The summed E-state index contributed by atoms with van der Waals surface area (Å²) in [4.78, 5) is 0. The Morgan fingerprint density at radius 2 is 1.30 bits per heavy atom. The molecule has 0 spiro atoms. The smallest absolute Gasteiger partial charge is 0.0778 e. The fraction of sp³-hybridized carbons (Fsp3) is 0.316. The molecule has 0 saturated heterocycles. The topological polar surface area (TPSA) is 23.8 Å². The van der Waals surface area contributed by atoms with Crippen LogP contribution < -0.4 is 0 Å². The molecule has 20 heavy (non-hydrogen) atoms. The molecule has 102 valence electrons. The third-order valence-electron chi connectivity index (χ3n) is 3.93. The lowest BCUT2D eigenvalue weighted by atomic mass is 9.83. The average Bonchev–Trinajstić information content (AvgIpc) is 2.49. The van der Waals surface area contributed by atoms with Crippen molar-refractivity contribution in [2.45, 2.75) is 38.5 Å². The quantitative estimate of drug-likeness (QED) is 0.741. The summed E-state index contributed by atoms with van der Waals surface area (Å²) in [6.45, 7) is 6.49. The highest BCUT2D eigenvalue weighted by atomic mass is 14.3. The number of hydrogen-bond acceptors (Lipinski definition) is 1. The van der Waals surface area contributed by atoms with Gasteiger partial charge in [0.25, 0.3) is 0 Å². The van der Waals surface area contributed by atoms with Gasteiger partial charge in [0, 0.05) is 5.92 Å². The van der Waals surface area contributed by atoms with E-state index in [9.17, 15) is 5.26 Å². The molecule has 0 fully saturated rings. The van der Waals surface area contributed by atoms with Crippen LogP contribution in [0.25, 0.3) is 0 Å². The molecule has 2 atom stereocenters. The van der Waals surface area contributed by atoms with Crippen LogP contribution in [0.15, 0.2) is 54.6 Å². The van der Waals surface area contributed by atoms with Crippen molar-refractivity contribution >= 4 is 0 Å². The molecule has 0 aliphatic heterocycles. The van der Waals surface area contributed by atoms with E-state index in [1.165, 1.54) is 11.1 Å². The van der Waals surface area contributed by atoms with Gasteiger partial charge in [-0.25, -0.2) is 0 Å². The third kappa shape index (κ3) is 3.08. The van der Waals surface area contributed by atoms with Crippen molar-refractivity contribution in [2.24, 2.45) is 0 Å². The van der Waals surface area contributed by atoms with Gasteiger partial charge < -0.3 is 0 Å². The predicted molar refractivity (Wildman–Crippen MR) is 83.7 cm³/mol. The van der Waals surface area contributed by atoms with Gasteiger partial charge in [-0.3, -0.25) is 0 Å². The number of nitriles is 1.